The molecular weight excluding hydrogens is 358 g/mol. The number of carbonyl (C=O) groups excluding carboxylic acids is 1. The number of fused-ring (bicyclic) bond motifs is 2. The number of aryl methyl sites for hydroxylation is 1. The number of rotatable bonds is 4. The van der Waals surface area contributed by atoms with E-state index in [4.69, 9.17) is 0 Å². The maximum absolute atomic E-state index is 12.8. The number of hydrogen-bond acceptors (Lipinski definition) is 5. The molecule has 0 spiro atoms. The summed E-state index contributed by atoms with van der Waals surface area (Å²) in [4.78, 5) is 27.2. The molecule has 0 saturated carbocycles. The quantitative estimate of drug-likeness (QED) is 0.737. The average molecular weight is 381 g/mol. The van der Waals surface area contributed by atoms with Crippen LogP contribution in [0.4, 0.5) is 0 Å². The number of hydrogen-bond donors (Lipinski definition) is 1. The van der Waals surface area contributed by atoms with E-state index in [1.54, 1.807) is 11.0 Å². The molecule has 0 unspecified atom stereocenters. The number of aromatic nitrogens is 4. The molecule has 1 amide bonds. The summed E-state index contributed by atoms with van der Waals surface area (Å²) >= 11 is 0. The van der Waals surface area contributed by atoms with Crippen LogP contribution in [0.5, 0.6) is 0 Å². The van der Waals surface area contributed by atoms with Gasteiger partial charge in [-0.25, -0.2) is 4.68 Å². The summed E-state index contributed by atoms with van der Waals surface area (Å²) in [6.07, 6.45) is 0.000227. The highest BCUT2D eigenvalue weighted by molar-refractivity contribution is 5.83. The molecule has 28 heavy (non-hydrogen) atoms. The van der Waals surface area contributed by atoms with Crippen LogP contribution in [0.1, 0.15) is 36.5 Å². The Hall–Kier alpha value is -3.00. The molecule has 1 aliphatic heterocycles. The standard InChI is InChI=1S/C20H23N5O3/c1-3-18(26)17-10-14-11-23(8-9-24(14)22-17)19(27)12-25-20(28)16-7-5-4-6-15(16)13(2)21-25/h4-7,10,18,26H,3,8-9,11-12H2,1-2H3/t18-/m0/s1. The van der Waals surface area contributed by atoms with E-state index in [1.807, 2.05) is 42.8 Å². The second-order valence-corrected chi connectivity index (χ2v) is 7.12. The second kappa shape index (κ2) is 7.20. The second-order valence-electron chi connectivity index (χ2n) is 7.12. The lowest BCUT2D eigenvalue weighted by atomic mass is 10.1. The Balaban J connectivity index is 1.55. The van der Waals surface area contributed by atoms with Crippen LogP contribution in [0.3, 0.4) is 0 Å². The van der Waals surface area contributed by atoms with Crippen molar-refractivity contribution in [3.8, 4) is 0 Å². The van der Waals surface area contributed by atoms with Gasteiger partial charge in [0.05, 0.1) is 41.7 Å². The van der Waals surface area contributed by atoms with Crippen molar-refractivity contribution in [3.05, 3.63) is 57.8 Å². The number of carbonyl (C=O) groups is 1. The van der Waals surface area contributed by atoms with Gasteiger partial charge in [-0.1, -0.05) is 25.1 Å². The Morgan fingerprint density at radius 3 is 2.71 bits per heavy atom. The van der Waals surface area contributed by atoms with Crippen molar-refractivity contribution in [2.45, 2.75) is 46.0 Å². The highest BCUT2D eigenvalue weighted by atomic mass is 16.3. The van der Waals surface area contributed by atoms with Crippen LogP contribution in [-0.2, 0) is 24.4 Å². The Labute approximate surface area is 162 Å². The van der Waals surface area contributed by atoms with E-state index in [-0.39, 0.29) is 18.0 Å². The number of benzene rings is 1. The smallest absolute Gasteiger partial charge is 0.275 e. The Morgan fingerprint density at radius 1 is 1.21 bits per heavy atom. The molecule has 0 aliphatic carbocycles. The molecule has 0 radical (unpaired) electrons. The van der Waals surface area contributed by atoms with Crippen molar-refractivity contribution in [1.29, 1.82) is 0 Å². The first-order chi connectivity index (χ1) is 13.5. The van der Waals surface area contributed by atoms with E-state index in [0.29, 0.717) is 37.1 Å². The van der Waals surface area contributed by atoms with E-state index in [0.717, 1.165) is 16.8 Å². The monoisotopic (exact) mass is 381 g/mol. The number of aliphatic hydroxyl groups is 1. The first kappa shape index (κ1) is 18.4. The highest BCUT2D eigenvalue weighted by Crippen LogP contribution is 2.20. The fourth-order valence-corrected chi connectivity index (χ4v) is 3.61. The van der Waals surface area contributed by atoms with Crippen LogP contribution in [0.2, 0.25) is 0 Å². The fourth-order valence-electron chi connectivity index (χ4n) is 3.61. The van der Waals surface area contributed by atoms with Crippen molar-refractivity contribution in [1.82, 2.24) is 24.5 Å². The zero-order chi connectivity index (χ0) is 19.8. The summed E-state index contributed by atoms with van der Waals surface area (Å²) in [5.41, 5.74) is 1.98. The van der Waals surface area contributed by atoms with E-state index >= 15 is 0 Å². The molecule has 0 bridgehead atoms. The molecule has 8 nitrogen and oxygen atoms in total. The zero-order valence-corrected chi connectivity index (χ0v) is 16.0. The van der Waals surface area contributed by atoms with Crippen LogP contribution in [0.25, 0.3) is 10.8 Å². The van der Waals surface area contributed by atoms with Crippen molar-refractivity contribution >= 4 is 16.7 Å². The predicted molar refractivity (Wildman–Crippen MR) is 104 cm³/mol. The van der Waals surface area contributed by atoms with Crippen molar-refractivity contribution in [2.75, 3.05) is 6.54 Å². The third-order valence-corrected chi connectivity index (χ3v) is 5.24. The molecule has 1 aromatic carbocycles. The van der Waals surface area contributed by atoms with Gasteiger partial charge in [-0.2, -0.15) is 10.2 Å². The van der Waals surface area contributed by atoms with Gasteiger partial charge in [-0.3, -0.25) is 14.3 Å². The third-order valence-electron chi connectivity index (χ3n) is 5.24. The maximum Gasteiger partial charge on any atom is 0.275 e. The first-order valence-corrected chi connectivity index (χ1v) is 9.47. The van der Waals surface area contributed by atoms with Crippen LogP contribution < -0.4 is 5.56 Å². The van der Waals surface area contributed by atoms with Crippen LogP contribution in [-0.4, -0.2) is 42.0 Å². The molecule has 2 aromatic heterocycles. The molecule has 0 saturated heterocycles. The van der Waals surface area contributed by atoms with Gasteiger partial charge in [0.1, 0.15) is 6.54 Å². The lowest BCUT2D eigenvalue weighted by molar-refractivity contribution is -0.133. The summed E-state index contributed by atoms with van der Waals surface area (Å²) in [6, 6.07) is 9.14. The van der Waals surface area contributed by atoms with Gasteiger partial charge < -0.3 is 10.0 Å². The molecule has 146 valence electrons. The van der Waals surface area contributed by atoms with E-state index in [9.17, 15) is 14.7 Å². The Kier molecular flexibility index (Phi) is 4.72. The minimum absolute atomic E-state index is 0.0942. The lowest BCUT2D eigenvalue weighted by Crippen LogP contribution is -2.42. The zero-order valence-electron chi connectivity index (χ0n) is 16.0. The maximum atomic E-state index is 12.8. The molecular formula is C20H23N5O3. The van der Waals surface area contributed by atoms with E-state index in [1.165, 1.54) is 4.68 Å². The topological polar surface area (TPSA) is 93.2 Å². The van der Waals surface area contributed by atoms with Crippen LogP contribution in [0, 0.1) is 6.92 Å². The number of aliphatic hydroxyl groups excluding tert-OH is 1. The molecule has 1 N–H and O–H groups in total. The van der Waals surface area contributed by atoms with Crippen LogP contribution >= 0.6 is 0 Å². The summed E-state index contributed by atoms with van der Waals surface area (Å²) in [7, 11) is 0. The average Bonchev–Trinajstić information content (AvgIpc) is 3.14. The SMILES string of the molecule is CC[C@H](O)c1cc2n(n1)CCN(C(=O)Cn1nc(C)c3ccccc3c1=O)C2. The molecule has 1 atom stereocenters. The molecule has 1 aliphatic rings. The van der Waals surface area contributed by atoms with Gasteiger partial charge in [0, 0.05) is 11.9 Å². The summed E-state index contributed by atoms with van der Waals surface area (Å²) in [5, 5.41) is 20.1. The summed E-state index contributed by atoms with van der Waals surface area (Å²) in [6.45, 7) is 5.12. The van der Waals surface area contributed by atoms with Crippen LogP contribution in [0.15, 0.2) is 35.1 Å². The minimum Gasteiger partial charge on any atom is -0.387 e. The van der Waals surface area contributed by atoms with Gasteiger partial charge in [0.25, 0.3) is 5.56 Å². The molecule has 3 heterocycles. The molecule has 3 aromatic rings. The van der Waals surface area contributed by atoms with E-state index in [2.05, 4.69) is 10.2 Å². The molecule has 0 fully saturated rings. The predicted octanol–water partition coefficient (Wildman–Crippen LogP) is 1.39. The fraction of sp³-hybridized carbons (Fsp3) is 0.400. The lowest BCUT2D eigenvalue weighted by Gasteiger charge is -2.27. The first-order valence-electron chi connectivity index (χ1n) is 9.47. The van der Waals surface area contributed by atoms with Crippen molar-refractivity contribution in [2.24, 2.45) is 0 Å². The number of nitrogens with zero attached hydrogens (tertiary/aromatic N) is 5. The van der Waals surface area contributed by atoms with Gasteiger partial charge in [-0.05, 0) is 25.5 Å². The number of amides is 1. The normalized spacial score (nSPS) is 14.9. The molecule has 4 rings (SSSR count). The highest BCUT2D eigenvalue weighted by Gasteiger charge is 2.24. The summed E-state index contributed by atoms with van der Waals surface area (Å²) < 4.78 is 3.08. The van der Waals surface area contributed by atoms with E-state index < -0.39 is 6.10 Å². The van der Waals surface area contributed by atoms with Gasteiger partial charge in [0.2, 0.25) is 5.91 Å². The van der Waals surface area contributed by atoms with Gasteiger partial charge >= 0.3 is 0 Å². The Morgan fingerprint density at radius 2 is 1.96 bits per heavy atom. The van der Waals surface area contributed by atoms with Gasteiger partial charge in [0.15, 0.2) is 0 Å². The summed E-state index contributed by atoms with van der Waals surface area (Å²) in [5.74, 6) is -0.158. The molecule has 8 heteroatoms. The largest absolute Gasteiger partial charge is 0.387 e. The third kappa shape index (κ3) is 3.20. The van der Waals surface area contributed by atoms with Gasteiger partial charge in [-0.15, -0.1) is 0 Å². The van der Waals surface area contributed by atoms with Crippen molar-refractivity contribution < 1.29 is 9.90 Å². The Bertz CT molecular complexity index is 1100. The van der Waals surface area contributed by atoms with Crippen molar-refractivity contribution in [3.63, 3.8) is 0 Å². The minimum atomic E-state index is -0.592.